The summed E-state index contributed by atoms with van der Waals surface area (Å²) in [6.45, 7) is 3.79. The second-order valence-electron chi connectivity index (χ2n) is 3.99. The molecule has 1 aliphatic rings. The Labute approximate surface area is 85.1 Å². The average molecular weight is 191 g/mol. The van der Waals surface area contributed by atoms with Gasteiger partial charge in [0.25, 0.3) is 0 Å². The summed E-state index contributed by atoms with van der Waals surface area (Å²) in [6, 6.07) is 8.30. The maximum absolute atomic E-state index is 5.72. The third-order valence-electron chi connectivity index (χ3n) is 3.06. The standard InChI is InChI=1S/C12H17NO/c1-9(8-13)10-6-7-14-12-5-3-2-4-11(10)12/h2-5,9-10H,6-8,13H2,1H3. The molecule has 2 unspecified atom stereocenters. The normalized spacial score (nSPS) is 22.3. The van der Waals surface area contributed by atoms with Crippen LogP contribution in [-0.4, -0.2) is 13.2 Å². The van der Waals surface area contributed by atoms with Crippen molar-refractivity contribution in [2.24, 2.45) is 11.7 Å². The molecular formula is C12H17NO. The summed E-state index contributed by atoms with van der Waals surface area (Å²) in [7, 11) is 0. The maximum Gasteiger partial charge on any atom is 0.122 e. The third kappa shape index (κ3) is 1.62. The molecule has 1 heterocycles. The zero-order chi connectivity index (χ0) is 9.97. The molecule has 2 nitrogen and oxygen atoms in total. The fraction of sp³-hybridized carbons (Fsp3) is 0.500. The molecule has 2 heteroatoms. The molecule has 14 heavy (non-hydrogen) atoms. The predicted molar refractivity (Wildman–Crippen MR) is 57.5 cm³/mol. The van der Waals surface area contributed by atoms with Gasteiger partial charge in [-0.25, -0.2) is 0 Å². The second kappa shape index (κ2) is 4.01. The van der Waals surface area contributed by atoms with Crippen LogP contribution in [-0.2, 0) is 0 Å². The molecule has 0 spiro atoms. The van der Waals surface area contributed by atoms with Gasteiger partial charge < -0.3 is 10.5 Å². The topological polar surface area (TPSA) is 35.2 Å². The monoisotopic (exact) mass is 191 g/mol. The molecule has 0 bridgehead atoms. The van der Waals surface area contributed by atoms with E-state index in [0.29, 0.717) is 11.8 Å². The molecule has 0 saturated carbocycles. The summed E-state index contributed by atoms with van der Waals surface area (Å²) in [6.07, 6.45) is 1.09. The van der Waals surface area contributed by atoms with Gasteiger partial charge in [0.05, 0.1) is 6.61 Å². The number of hydrogen-bond donors (Lipinski definition) is 1. The third-order valence-corrected chi connectivity index (χ3v) is 3.06. The Hall–Kier alpha value is -1.02. The molecule has 76 valence electrons. The zero-order valence-corrected chi connectivity index (χ0v) is 8.57. The highest BCUT2D eigenvalue weighted by molar-refractivity contribution is 5.38. The van der Waals surface area contributed by atoms with Crippen molar-refractivity contribution in [1.29, 1.82) is 0 Å². The van der Waals surface area contributed by atoms with Gasteiger partial charge in [-0.05, 0) is 36.4 Å². The average Bonchev–Trinajstić information content (AvgIpc) is 2.27. The molecule has 1 aromatic carbocycles. The van der Waals surface area contributed by atoms with Crippen LogP contribution in [0, 0.1) is 5.92 Å². The lowest BCUT2D eigenvalue weighted by molar-refractivity contribution is 0.244. The summed E-state index contributed by atoms with van der Waals surface area (Å²) in [5.74, 6) is 2.16. The van der Waals surface area contributed by atoms with E-state index >= 15 is 0 Å². The van der Waals surface area contributed by atoms with E-state index in [-0.39, 0.29) is 0 Å². The Morgan fingerprint density at radius 3 is 3.07 bits per heavy atom. The quantitative estimate of drug-likeness (QED) is 0.777. The first-order valence-electron chi connectivity index (χ1n) is 5.24. The number of para-hydroxylation sites is 1. The number of hydrogen-bond acceptors (Lipinski definition) is 2. The van der Waals surface area contributed by atoms with Crippen LogP contribution in [0.25, 0.3) is 0 Å². The molecule has 0 amide bonds. The van der Waals surface area contributed by atoms with Crippen LogP contribution >= 0.6 is 0 Å². The molecular weight excluding hydrogens is 174 g/mol. The van der Waals surface area contributed by atoms with Crippen molar-refractivity contribution >= 4 is 0 Å². The minimum Gasteiger partial charge on any atom is -0.493 e. The van der Waals surface area contributed by atoms with Crippen LogP contribution in [0.15, 0.2) is 24.3 Å². The van der Waals surface area contributed by atoms with Gasteiger partial charge in [-0.3, -0.25) is 0 Å². The number of ether oxygens (including phenoxy) is 1. The summed E-state index contributed by atoms with van der Waals surface area (Å²) in [5.41, 5.74) is 7.05. The Bertz CT molecular complexity index is 311. The van der Waals surface area contributed by atoms with E-state index in [1.165, 1.54) is 5.56 Å². The van der Waals surface area contributed by atoms with Crippen molar-refractivity contribution in [3.05, 3.63) is 29.8 Å². The fourth-order valence-electron chi connectivity index (χ4n) is 2.12. The van der Waals surface area contributed by atoms with Crippen LogP contribution in [0.3, 0.4) is 0 Å². The molecule has 0 saturated heterocycles. The Morgan fingerprint density at radius 2 is 2.29 bits per heavy atom. The summed E-state index contributed by atoms with van der Waals surface area (Å²) >= 11 is 0. The van der Waals surface area contributed by atoms with Gasteiger partial charge >= 0.3 is 0 Å². The lowest BCUT2D eigenvalue weighted by atomic mass is 9.83. The molecule has 1 aliphatic heterocycles. The lowest BCUT2D eigenvalue weighted by Gasteiger charge is -2.29. The summed E-state index contributed by atoms with van der Waals surface area (Å²) < 4.78 is 5.61. The lowest BCUT2D eigenvalue weighted by Crippen LogP contribution is -2.24. The Balaban J connectivity index is 2.30. The van der Waals surface area contributed by atoms with E-state index in [9.17, 15) is 0 Å². The van der Waals surface area contributed by atoms with Crippen LogP contribution in [0.4, 0.5) is 0 Å². The fourth-order valence-corrected chi connectivity index (χ4v) is 2.12. The van der Waals surface area contributed by atoms with Gasteiger partial charge in [-0.2, -0.15) is 0 Å². The molecule has 0 aromatic heterocycles. The van der Waals surface area contributed by atoms with Crippen LogP contribution in [0.1, 0.15) is 24.8 Å². The van der Waals surface area contributed by atoms with E-state index in [0.717, 1.165) is 25.3 Å². The van der Waals surface area contributed by atoms with Gasteiger partial charge in [0.2, 0.25) is 0 Å². The van der Waals surface area contributed by atoms with Crippen molar-refractivity contribution in [3.8, 4) is 5.75 Å². The van der Waals surface area contributed by atoms with Gasteiger partial charge in [-0.1, -0.05) is 25.1 Å². The van der Waals surface area contributed by atoms with Crippen LogP contribution in [0.5, 0.6) is 5.75 Å². The molecule has 2 N–H and O–H groups in total. The number of rotatable bonds is 2. The van der Waals surface area contributed by atoms with Gasteiger partial charge in [0.15, 0.2) is 0 Å². The molecule has 0 radical (unpaired) electrons. The van der Waals surface area contributed by atoms with E-state index in [1.807, 2.05) is 12.1 Å². The van der Waals surface area contributed by atoms with Gasteiger partial charge in [0.1, 0.15) is 5.75 Å². The van der Waals surface area contributed by atoms with Gasteiger partial charge in [0, 0.05) is 0 Å². The van der Waals surface area contributed by atoms with E-state index < -0.39 is 0 Å². The predicted octanol–water partition coefficient (Wildman–Crippen LogP) is 2.15. The van der Waals surface area contributed by atoms with Crippen LogP contribution in [0.2, 0.25) is 0 Å². The molecule has 2 atom stereocenters. The summed E-state index contributed by atoms with van der Waals surface area (Å²) in [5, 5.41) is 0. The largest absolute Gasteiger partial charge is 0.493 e. The first-order chi connectivity index (χ1) is 6.83. The number of nitrogens with two attached hydrogens (primary N) is 1. The first kappa shape index (κ1) is 9.53. The smallest absolute Gasteiger partial charge is 0.122 e. The van der Waals surface area contributed by atoms with Crippen molar-refractivity contribution in [1.82, 2.24) is 0 Å². The van der Waals surface area contributed by atoms with Crippen LogP contribution < -0.4 is 10.5 Å². The van der Waals surface area contributed by atoms with Crippen molar-refractivity contribution < 1.29 is 4.74 Å². The molecule has 1 aromatic rings. The Kier molecular flexibility index (Phi) is 2.73. The number of benzene rings is 1. The van der Waals surface area contributed by atoms with Gasteiger partial charge in [-0.15, -0.1) is 0 Å². The van der Waals surface area contributed by atoms with Crippen molar-refractivity contribution in [3.63, 3.8) is 0 Å². The van der Waals surface area contributed by atoms with E-state index in [4.69, 9.17) is 10.5 Å². The SMILES string of the molecule is CC(CN)C1CCOc2ccccc21. The maximum atomic E-state index is 5.72. The molecule has 0 aliphatic carbocycles. The second-order valence-corrected chi connectivity index (χ2v) is 3.99. The minimum absolute atomic E-state index is 0.542. The number of fused-ring (bicyclic) bond motifs is 1. The zero-order valence-electron chi connectivity index (χ0n) is 8.57. The highest BCUT2D eigenvalue weighted by Gasteiger charge is 2.24. The first-order valence-corrected chi connectivity index (χ1v) is 5.24. The summed E-state index contributed by atoms with van der Waals surface area (Å²) in [4.78, 5) is 0. The molecule has 2 rings (SSSR count). The van der Waals surface area contributed by atoms with Crippen molar-refractivity contribution in [2.75, 3.05) is 13.2 Å². The highest BCUT2D eigenvalue weighted by atomic mass is 16.5. The Morgan fingerprint density at radius 1 is 1.50 bits per heavy atom. The van der Waals surface area contributed by atoms with E-state index in [1.54, 1.807) is 0 Å². The molecule has 0 fully saturated rings. The minimum atomic E-state index is 0.542. The van der Waals surface area contributed by atoms with Crippen molar-refractivity contribution in [2.45, 2.75) is 19.3 Å². The van der Waals surface area contributed by atoms with E-state index in [2.05, 4.69) is 19.1 Å². The highest BCUT2D eigenvalue weighted by Crippen LogP contribution is 2.37.